The van der Waals surface area contributed by atoms with E-state index in [9.17, 15) is 27.5 Å². The van der Waals surface area contributed by atoms with Crippen LogP contribution in [0, 0.1) is 5.82 Å². The van der Waals surface area contributed by atoms with Crippen LogP contribution in [0.1, 0.15) is 36.4 Å². The van der Waals surface area contributed by atoms with Gasteiger partial charge < -0.3 is 24.2 Å². The molecule has 3 aromatic carbocycles. The summed E-state index contributed by atoms with van der Waals surface area (Å²) in [6.45, 7) is 7.05. The van der Waals surface area contributed by atoms with Crippen molar-refractivity contribution in [3.05, 3.63) is 101 Å². The highest BCUT2D eigenvalue weighted by atomic mass is 19.4. The van der Waals surface area contributed by atoms with E-state index in [2.05, 4.69) is 19.9 Å². The first-order valence-corrected chi connectivity index (χ1v) is 14.8. The number of anilines is 2. The van der Waals surface area contributed by atoms with Gasteiger partial charge in [-0.05, 0) is 85.1 Å². The van der Waals surface area contributed by atoms with Gasteiger partial charge in [-0.1, -0.05) is 24.3 Å². The Kier molecular flexibility index (Phi) is 9.80. The smallest absolute Gasteiger partial charge is 0.416 e. The molecule has 0 amide bonds. The first kappa shape index (κ1) is 32.7. The molecule has 1 N–H and O–H groups in total. The second-order valence-corrected chi connectivity index (χ2v) is 11.7. The molecular weight excluding hydrogens is 606 g/mol. The summed E-state index contributed by atoms with van der Waals surface area (Å²) in [5.74, 6) is -0.193. The Balaban J connectivity index is 1.24. The maximum Gasteiger partial charge on any atom is 0.416 e. The van der Waals surface area contributed by atoms with E-state index in [0.717, 1.165) is 49.6 Å². The van der Waals surface area contributed by atoms with Crippen molar-refractivity contribution in [2.45, 2.75) is 45.1 Å². The summed E-state index contributed by atoms with van der Waals surface area (Å²) < 4.78 is 63.9. The number of piperazine rings is 1. The van der Waals surface area contributed by atoms with Crippen molar-refractivity contribution < 1.29 is 36.7 Å². The fraction of sp³-hybridized carbons (Fsp3) is 0.364. The van der Waals surface area contributed by atoms with E-state index in [0.29, 0.717) is 42.7 Å². The predicted molar refractivity (Wildman–Crippen MR) is 163 cm³/mol. The minimum Gasteiger partial charge on any atom is -0.478 e. The minimum absolute atomic E-state index is 0.251. The van der Waals surface area contributed by atoms with Gasteiger partial charge in [0.05, 0.1) is 12.1 Å². The molecule has 1 fully saturated rings. The van der Waals surface area contributed by atoms with Gasteiger partial charge in [-0.15, -0.1) is 0 Å². The molecule has 5 rings (SSSR count). The van der Waals surface area contributed by atoms with Crippen molar-refractivity contribution in [2.24, 2.45) is 0 Å². The number of carboxylic acid groups (broad SMARTS) is 1. The maximum absolute atomic E-state index is 13.3. The minimum atomic E-state index is -4.43. The molecule has 13 heteroatoms. The van der Waals surface area contributed by atoms with Gasteiger partial charge in [0.1, 0.15) is 11.6 Å². The number of carboxylic acids is 1. The number of hydrogen-bond donors (Lipinski definition) is 1. The molecule has 244 valence electrons. The average molecular weight is 642 g/mol. The summed E-state index contributed by atoms with van der Waals surface area (Å²) in [6, 6.07) is 18.5. The van der Waals surface area contributed by atoms with Gasteiger partial charge in [0.15, 0.2) is 5.60 Å². The van der Waals surface area contributed by atoms with E-state index in [4.69, 9.17) is 9.26 Å². The standard InChI is InChI=1S/C33H35F4N5O4/c1-32(2,30(43)44)45-28-13-5-23(6-14-28)15-16-42(21-24-3-7-25(8-4-24)33(35,36)37)31-38-29(46-39-31)22-40-17-19-41(20-18-40)27-11-9-26(34)10-12-27/h3-14H,15-22H2,1-2H3,(H,43,44). The number of ether oxygens (including phenoxy) is 1. The molecule has 9 nitrogen and oxygen atoms in total. The Hall–Kier alpha value is -4.65. The van der Waals surface area contributed by atoms with Crippen LogP contribution >= 0.6 is 0 Å². The number of aromatic nitrogens is 2. The Bertz CT molecular complexity index is 1580. The zero-order valence-corrected chi connectivity index (χ0v) is 25.5. The van der Waals surface area contributed by atoms with Crippen molar-refractivity contribution in [1.29, 1.82) is 0 Å². The number of aliphatic carboxylic acids is 1. The lowest BCUT2D eigenvalue weighted by molar-refractivity contribution is -0.152. The quantitative estimate of drug-likeness (QED) is 0.186. The van der Waals surface area contributed by atoms with Crippen LogP contribution < -0.4 is 14.5 Å². The van der Waals surface area contributed by atoms with Crippen LogP contribution in [0.5, 0.6) is 5.75 Å². The number of alkyl halides is 3. The number of benzene rings is 3. The number of rotatable bonds is 12. The first-order chi connectivity index (χ1) is 21.9. The van der Waals surface area contributed by atoms with Crippen molar-refractivity contribution in [2.75, 3.05) is 42.5 Å². The van der Waals surface area contributed by atoms with Gasteiger partial charge in [-0.25, -0.2) is 9.18 Å². The van der Waals surface area contributed by atoms with Crippen molar-refractivity contribution in [3.8, 4) is 5.75 Å². The monoisotopic (exact) mass is 641 g/mol. The third kappa shape index (κ3) is 8.53. The molecule has 0 bridgehead atoms. The molecule has 0 aliphatic carbocycles. The van der Waals surface area contributed by atoms with E-state index < -0.39 is 23.3 Å². The van der Waals surface area contributed by atoms with Crippen LogP contribution in [-0.4, -0.2) is 64.4 Å². The highest BCUT2D eigenvalue weighted by Crippen LogP contribution is 2.29. The first-order valence-electron chi connectivity index (χ1n) is 14.8. The van der Waals surface area contributed by atoms with E-state index >= 15 is 0 Å². The molecule has 1 aliphatic rings. The Labute approximate surface area is 264 Å². The van der Waals surface area contributed by atoms with Crippen molar-refractivity contribution >= 4 is 17.6 Å². The maximum atomic E-state index is 13.3. The van der Waals surface area contributed by atoms with Gasteiger partial charge in [0.2, 0.25) is 5.89 Å². The second-order valence-electron chi connectivity index (χ2n) is 11.7. The van der Waals surface area contributed by atoms with Gasteiger partial charge in [0.25, 0.3) is 5.95 Å². The Morgan fingerprint density at radius 3 is 2.17 bits per heavy atom. The largest absolute Gasteiger partial charge is 0.478 e. The molecule has 4 aromatic rings. The predicted octanol–water partition coefficient (Wildman–Crippen LogP) is 6.04. The van der Waals surface area contributed by atoms with Gasteiger partial charge >= 0.3 is 12.1 Å². The normalized spacial score (nSPS) is 14.3. The molecule has 1 saturated heterocycles. The summed E-state index contributed by atoms with van der Waals surface area (Å²) >= 11 is 0. The lowest BCUT2D eigenvalue weighted by Gasteiger charge is -2.35. The van der Waals surface area contributed by atoms with Crippen LogP contribution in [0.3, 0.4) is 0 Å². The molecule has 0 atom stereocenters. The molecule has 0 radical (unpaired) electrons. The molecule has 0 spiro atoms. The summed E-state index contributed by atoms with van der Waals surface area (Å²) in [4.78, 5) is 22.2. The summed E-state index contributed by atoms with van der Waals surface area (Å²) in [6.07, 6.45) is -3.89. The van der Waals surface area contributed by atoms with Gasteiger partial charge in [-0.3, -0.25) is 4.90 Å². The van der Waals surface area contributed by atoms with Crippen LogP contribution in [0.2, 0.25) is 0 Å². The van der Waals surface area contributed by atoms with Gasteiger partial charge in [-0.2, -0.15) is 18.2 Å². The highest BCUT2D eigenvalue weighted by molar-refractivity contribution is 5.76. The van der Waals surface area contributed by atoms with Crippen LogP contribution in [0.15, 0.2) is 77.3 Å². The molecule has 0 unspecified atom stereocenters. The third-order valence-corrected chi connectivity index (χ3v) is 7.80. The highest BCUT2D eigenvalue weighted by Gasteiger charge is 2.31. The van der Waals surface area contributed by atoms with Crippen LogP contribution in [0.4, 0.5) is 29.2 Å². The van der Waals surface area contributed by atoms with E-state index in [-0.39, 0.29) is 12.4 Å². The van der Waals surface area contributed by atoms with Crippen LogP contribution in [-0.2, 0) is 30.5 Å². The zero-order chi connectivity index (χ0) is 32.9. The molecule has 1 aliphatic heterocycles. The molecule has 0 saturated carbocycles. The molecule has 46 heavy (non-hydrogen) atoms. The summed E-state index contributed by atoms with van der Waals surface area (Å²) in [5, 5.41) is 13.5. The lowest BCUT2D eigenvalue weighted by Crippen LogP contribution is -2.46. The van der Waals surface area contributed by atoms with Crippen molar-refractivity contribution in [1.82, 2.24) is 15.0 Å². The molecular formula is C33H35F4N5O4. The van der Waals surface area contributed by atoms with E-state index in [1.54, 1.807) is 24.3 Å². The Morgan fingerprint density at radius 2 is 1.57 bits per heavy atom. The molecule has 2 heterocycles. The van der Waals surface area contributed by atoms with E-state index in [1.807, 2.05) is 17.0 Å². The number of hydrogen-bond acceptors (Lipinski definition) is 8. The second kappa shape index (κ2) is 13.8. The lowest BCUT2D eigenvalue weighted by atomic mass is 10.1. The number of carbonyl (C=O) groups is 1. The molecule has 1 aromatic heterocycles. The fourth-order valence-corrected chi connectivity index (χ4v) is 5.04. The van der Waals surface area contributed by atoms with Crippen molar-refractivity contribution in [3.63, 3.8) is 0 Å². The third-order valence-electron chi connectivity index (χ3n) is 7.80. The van der Waals surface area contributed by atoms with Gasteiger partial charge in [0, 0.05) is 45.0 Å². The topological polar surface area (TPSA) is 95.2 Å². The summed E-state index contributed by atoms with van der Waals surface area (Å²) in [5.41, 5.74) is 0.437. The Morgan fingerprint density at radius 1 is 0.935 bits per heavy atom. The average Bonchev–Trinajstić information content (AvgIpc) is 3.48. The SMILES string of the molecule is CC(C)(Oc1ccc(CCN(Cc2ccc(C(F)(F)F)cc2)c2noc(CN3CCN(c4ccc(F)cc4)CC3)n2)cc1)C(=O)O. The zero-order valence-electron chi connectivity index (χ0n) is 25.5. The van der Waals surface area contributed by atoms with Crippen LogP contribution in [0.25, 0.3) is 0 Å². The fourth-order valence-electron chi connectivity index (χ4n) is 5.04. The summed E-state index contributed by atoms with van der Waals surface area (Å²) in [7, 11) is 0. The number of halogens is 4. The van der Waals surface area contributed by atoms with E-state index in [1.165, 1.54) is 38.1 Å². The number of nitrogens with zero attached hydrogens (tertiary/aromatic N) is 5.